The van der Waals surface area contributed by atoms with Crippen molar-refractivity contribution in [1.82, 2.24) is 15.3 Å². The Morgan fingerprint density at radius 1 is 1.44 bits per heavy atom. The van der Waals surface area contributed by atoms with Crippen LogP contribution in [0.5, 0.6) is 0 Å². The molecule has 0 saturated heterocycles. The number of carbonyl (C=O) groups excluding carboxylic acids is 1. The summed E-state index contributed by atoms with van der Waals surface area (Å²) in [7, 11) is 0. The van der Waals surface area contributed by atoms with E-state index in [2.05, 4.69) is 15.3 Å². The Hall–Kier alpha value is -1.30. The maximum atomic E-state index is 12.1. The molecule has 1 fully saturated rings. The zero-order valence-corrected chi connectivity index (χ0v) is 11.2. The van der Waals surface area contributed by atoms with Crippen molar-refractivity contribution in [2.45, 2.75) is 43.4 Å². The first-order chi connectivity index (χ1) is 8.79. The molecular formula is C12H16N4OS. The molecule has 6 heteroatoms. The Bertz CT molecular complexity index is 473. The van der Waals surface area contributed by atoms with Gasteiger partial charge in [0.25, 0.3) is 0 Å². The summed E-state index contributed by atoms with van der Waals surface area (Å²) in [6.45, 7) is 0.534. The number of anilines is 1. The fourth-order valence-corrected chi connectivity index (χ4v) is 3.00. The lowest BCUT2D eigenvalue weighted by Gasteiger charge is -2.33. The van der Waals surface area contributed by atoms with E-state index in [4.69, 9.17) is 0 Å². The van der Waals surface area contributed by atoms with Gasteiger partial charge in [-0.3, -0.25) is 4.90 Å². The van der Waals surface area contributed by atoms with Gasteiger partial charge in [0, 0.05) is 24.3 Å². The lowest BCUT2D eigenvalue weighted by Crippen LogP contribution is -2.49. The van der Waals surface area contributed by atoms with E-state index in [1.807, 2.05) is 17.4 Å². The molecule has 2 aliphatic rings. The van der Waals surface area contributed by atoms with Gasteiger partial charge in [0.05, 0.1) is 0 Å². The number of amides is 2. The van der Waals surface area contributed by atoms with Crippen LogP contribution in [0.3, 0.4) is 0 Å². The molecule has 0 aromatic carbocycles. The van der Waals surface area contributed by atoms with E-state index >= 15 is 0 Å². The molecule has 18 heavy (non-hydrogen) atoms. The van der Waals surface area contributed by atoms with Crippen molar-refractivity contribution in [3.05, 3.63) is 11.8 Å². The number of aromatic nitrogens is 2. The first-order valence-electron chi connectivity index (χ1n) is 6.26. The van der Waals surface area contributed by atoms with Crippen LogP contribution in [0.25, 0.3) is 0 Å². The molecule has 1 aliphatic heterocycles. The van der Waals surface area contributed by atoms with Crippen molar-refractivity contribution in [3.63, 3.8) is 0 Å². The van der Waals surface area contributed by atoms with Crippen LogP contribution in [0.2, 0.25) is 0 Å². The molecule has 0 spiro atoms. The molecule has 0 atom stereocenters. The highest BCUT2D eigenvalue weighted by molar-refractivity contribution is 7.98. The summed E-state index contributed by atoms with van der Waals surface area (Å²) in [4.78, 5) is 22.7. The van der Waals surface area contributed by atoms with Gasteiger partial charge >= 0.3 is 6.03 Å². The molecule has 2 amide bonds. The third-order valence-electron chi connectivity index (χ3n) is 3.57. The molecule has 1 aromatic rings. The number of thioether (sulfide) groups is 1. The van der Waals surface area contributed by atoms with Crippen LogP contribution < -0.4 is 10.2 Å². The summed E-state index contributed by atoms with van der Waals surface area (Å²) in [5.41, 5.74) is 1.01. The Morgan fingerprint density at radius 2 is 2.22 bits per heavy atom. The number of rotatable bonds is 2. The third kappa shape index (κ3) is 1.94. The largest absolute Gasteiger partial charge is 0.333 e. The highest BCUT2D eigenvalue weighted by Gasteiger charge is 2.33. The summed E-state index contributed by atoms with van der Waals surface area (Å²) in [6.07, 6.45) is 8.32. The minimum absolute atomic E-state index is 0.0137. The first-order valence-corrected chi connectivity index (χ1v) is 7.49. The number of nitrogens with one attached hydrogen (secondary N) is 1. The first kappa shape index (κ1) is 11.8. The van der Waals surface area contributed by atoms with Gasteiger partial charge in [-0.25, -0.2) is 14.8 Å². The van der Waals surface area contributed by atoms with E-state index in [1.165, 1.54) is 24.6 Å². The number of fused-ring (bicyclic) bond motifs is 1. The molecule has 1 saturated carbocycles. The SMILES string of the molecule is CSc1ncc2c(n1)N(C1CCCC1)C(=O)NC2. The molecule has 5 nitrogen and oxygen atoms in total. The van der Waals surface area contributed by atoms with Crippen molar-refractivity contribution >= 4 is 23.6 Å². The zero-order valence-electron chi connectivity index (χ0n) is 10.3. The Kier molecular flexibility index (Phi) is 3.11. The number of hydrogen-bond acceptors (Lipinski definition) is 4. The predicted molar refractivity (Wildman–Crippen MR) is 70.8 cm³/mol. The van der Waals surface area contributed by atoms with E-state index in [1.54, 1.807) is 0 Å². The normalized spacial score (nSPS) is 19.8. The lowest BCUT2D eigenvalue weighted by molar-refractivity contribution is 0.241. The van der Waals surface area contributed by atoms with Crippen molar-refractivity contribution in [1.29, 1.82) is 0 Å². The maximum absolute atomic E-state index is 12.1. The average Bonchev–Trinajstić information content (AvgIpc) is 2.91. The van der Waals surface area contributed by atoms with Crippen LogP contribution in [0.15, 0.2) is 11.4 Å². The molecule has 3 rings (SSSR count). The van der Waals surface area contributed by atoms with E-state index < -0.39 is 0 Å². The Balaban J connectivity index is 2.00. The van der Waals surface area contributed by atoms with Gasteiger partial charge in [-0.2, -0.15) is 0 Å². The molecule has 0 radical (unpaired) electrons. The maximum Gasteiger partial charge on any atom is 0.323 e. The second-order valence-corrected chi connectivity index (χ2v) is 5.45. The highest BCUT2D eigenvalue weighted by atomic mass is 32.2. The van der Waals surface area contributed by atoms with E-state index in [-0.39, 0.29) is 6.03 Å². The van der Waals surface area contributed by atoms with Crippen LogP contribution in [0.1, 0.15) is 31.2 Å². The van der Waals surface area contributed by atoms with Gasteiger partial charge in [0.1, 0.15) is 5.82 Å². The van der Waals surface area contributed by atoms with Gasteiger partial charge in [-0.1, -0.05) is 24.6 Å². The molecule has 0 unspecified atom stereocenters. The van der Waals surface area contributed by atoms with E-state index in [9.17, 15) is 4.79 Å². The number of nitrogens with zero attached hydrogens (tertiary/aromatic N) is 3. The van der Waals surface area contributed by atoms with Crippen LogP contribution in [0, 0.1) is 0 Å². The van der Waals surface area contributed by atoms with E-state index in [0.717, 1.165) is 29.4 Å². The van der Waals surface area contributed by atoms with Gasteiger partial charge in [0.2, 0.25) is 0 Å². The minimum atomic E-state index is -0.0137. The van der Waals surface area contributed by atoms with Crippen LogP contribution in [-0.2, 0) is 6.54 Å². The average molecular weight is 264 g/mol. The second kappa shape index (κ2) is 4.76. The van der Waals surface area contributed by atoms with Crippen LogP contribution in [-0.4, -0.2) is 28.3 Å². The zero-order chi connectivity index (χ0) is 12.5. The van der Waals surface area contributed by atoms with Crippen molar-refractivity contribution in [2.24, 2.45) is 0 Å². The molecule has 96 valence electrons. The number of urea groups is 1. The summed E-state index contributed by atoms with van der Waals surface area (Å²) in [5, 5.41) is 3.63. The van der Waals surface area contributed by atoms with Crippen LogP contribution >= 0.6 is 11.8 Å². The van der Waals surface area contributed by atoms with Gasteiger partial charge in [-0.05, 0) is 19.1 Å². The lowest BCUT2D eigenvalue weighted by atomic mass is 10.1. The monoisotopic (exact) mass is 264 g/mol. The van der Waals surface area contributed by atoms with Crippen LogP contribution in [0.4, 0.5) is 10.6 Å². The van der Waals surface area contributed by atoms with Gasteiger partial charge < -0.3 is 5.32 Å². The topological polar surface area (TPSA) is 58.1 Å². The second-order valence-electron chi connectivity index (χ2n) is 4.67. The fourth-order valence-electron chi connectivity index (χ4n) is 2.67. The summed E-state index contributed by atoms with van der Waals surface area (Å²) < 4.78 is 0. The number of carbonyl (C=O) groups is 1. The van der Waals surface area contributed by atoms with Gasteiger partial charge in [0.15, 0.2) is 5.16 Å². The standard InChI is InChI=1S/C12H16N4OS/c1-18-11-13-6-8-7-14-12(17)16(10(8)15-11)9-4-2-3-5-9/h6,9H,2-5,7H2,1H3,(H,14,17). The van der Waals surface area contributed by atoms with Crippen molar-refractivity contribution in [2.75, 3.05) is 11.2 Å². The molecule has 1 N–H and O–H groups in total. The van der Waals surface area contributed by atoms with Crippen molar-refractivity contribution in [3.8, 4) is 0 Å². The summed E-state index contributed by atoms with van der Waals surface area (Å²) in [6, 6.07) is 0.286. The molecule has 0 bridgehead atoms. The molecular weight excluding hydrogens is 248 g/mol. The fraction of sp³-hybridized carbons (Fsp3) is 0.583. The van der Waals surface area contributed by atoms with E-state index in [0.29, 0.717) is 12.6 Å². The van der Waals surface area contributed by atoms with Crippen molar-refractivity contribution < 1.29 is 4.79 Å². The highest BCUT2D eigenvalue weighted by Crippen LogP contribution is 2.31. The minimum Gasteiger partial charge on any atom is -0.333 e. The Labute approximate surface area is 110 Å². The quantitative estimate of drug-likeness (QED) is 0.657. The molecule has 2 heterocycles. The third-order valence-corrected chi connectivity index (χ3v) is 4.13. The summed E-state index contributed by atoms with van der Waals surface area (Å²) >= 11 is 1.51. The smallest absolute Gasteiger partial charge is 0.323 e. The predicted octanol–water partition coefficient (Wildman–Crippen LogP) is 2.17. The summed E-state index contributed by atoms with van der Waals surface area (Å²) in [5.74, 6) is 0.810. The Morgan fingerprint density at radius 3 is 2.94 bits per heavy atom. The molecule has 1 aromatic heterocycles. The number of hydrogen-bond donors (Lipinski definition) is 1. The van der Waals surface area contributed by atoms with Gasteiger partial charge in [-0.15, -0.1) is 0 Å². The molecule has 1 aliphatic carbocycles.